The van der Waals surface area contributed by atoms with E-state index in [-0.39, 0.29) is 28.4 Å². The Morgan fingerprint density at radius 1 is 0.917 bits per heavy atom. The maximum atomic E-state index is 14.4. The fourth-order valence-corrected chi connectivity index (χ4v) is 7.54. The van der Waals surface area contributed by atoms with Gasteiger partial charge in [-0.25, -0.2) is 23.2 Å². The van der Waals surface area contributed by atoms with Gasteiger partial charge in [-0.15, -0.1) is 0 Å². The Labute approximate surface area is 285 Å². The number of nitrogens with two attached hydrogens (primary N) is 1. The van der Waals surface area contributed by atoms with Crippen molar-refractivity contribution < 1.29 is 27.5 Å². The highest BCUT2D eigenvalue weighted by Gasteiger charge is 2.46. The summed E-state index contributed by atoms with van der Waals surface area (Å²) in [6.45, 7) is 11.9. The first-order valence-electron chi connectivity index (χ1n) is 16.6. The minimum atomic E-state index is -4.36. The smallest absolute Gasteiger partial charge is 0.416 e. The van der Waals surface area contributed by atoms with Gasteiger partial charge in [0.05, 0.1) is 5.69 Å². The molecule has 1 atom stereocenters. The molecular weight excluding hydrogens is 628 g/mol. The third-order valence-electron chi connectivity index (χ3n) is 8.51. The first-order chi connectivity index (χ1) is 22.4. The highest BCUT2D eigenvalue weighted by molar-refractivity contribution is 7.92. The average molecular weight is 679 g/mol. The van der Waals surface area contributed by atoms with Crippen LogP contribution in [-0.4, -0.2) is 48.2 Å². The topological polar surface area (TPSA) is 142 Å². The number of hydrogen-bond acceptors (Lipinski definition) is 9. The maximum absolute atomic E-state index is 14.4. The van der Waals surface area contributed by atoms with Crippen LogP contribution in [0.25, 0.3) is 0 Å². The van der Waals surface area contributed by atoms with Crippen LogP contribution < -0.4 is 10.6 Å². The standard InChI is InChI=1S/C37H50N4O6S/c1-8-9-21-36(22-13-23-36)28-19-17-27(18-20-28)25-37(38,48(44,45)31-16-10-11-24-39-31)29-14-12-15-30(40-29)41(33(43)47-35(5,6)7)26-32(42)46-34(2,3)4/h10-12,14-20,24H,8-9,13,21-23,25-26,38H2,1-7H3. The van der Waals surface area contributed by atoms with Crippen LogP contribution >= 0.6 is 0 Å². The summed E-state index contributed by atoms with van der Waals surface area (Å²) < 4.78 is 39.9. The highest BCUT2D eigenvalue weighted by atomic mass is 32.2. The van der Waals surface area contributed by atoms with Crippen molar-refractivity contribution in [3.8, 4) is 0 Å². The van der Waals surface area contributed by atoms with Gasteiger partial charge in [-0.1, -0.05) is 62.6 Å². The van der Waals surface area contributed by atoms with Crippen LogP contribution in [0.15, 0.2) is 71.9 Å². The number of amides is 1. The molecule has 1 saturated carbocycles. The number of unbranched alkanes of at least 4 members (excludes halogenated alkanes) is 1. The second-order valence-electron chi connectivity index (χ2n) is 14.7. The lowest BCUT2D eigenvalue weighted by Gasteiger charge is -2.43. The van der Waals surface area contributed by atoms with Gasteiger partial charge in [-0.05, 0) is 102 Å². The molecular formula is C37H50N4O6S. The number of nitrogens with zero attached hydrogens (tertiary/aromatic N) is 3. The normalized spacial score (nSPS) is 15.9. The molecule has 1 unspecified atom stereocenters. The van der Waals surface area contributed by atoms with Crippen molar-refractivity contribution in [1.29, 1.82) is 0 Å². The first-order valence-corrected chi connectivity index (χ1v) is 18.1. The SMILES string of the molecule is CCCCC1(c2ccc(CC(N)(c3cccc(N(CC(=O)OC(C)(C)C)C(=O)OC(C)(C)C)n3)S(=O)(=O)c3ccccn3)cc2)CCC1. The molecule has 1 amide bonds. The summed E-state index contributed by atoms with van der Waals surface area (Å²) in [6.07, 6.45) is 7.35. The van der Waals surface area contributed by atoms with Crippen molar-refractivity contribution in [2.75, 3.05) is 11.4 Å². The highest BCUT2D eigenvalue weighted by Crippen LogP contribution is 2.47. The summed E-state index contributed by atoms with van der Waals surface area (Å²) in [5.41, 5.74) is 7.42. The number of aromatic nitrogens is 2. The summed E-state index contributed by atoms with van der Waals surface area (Å²) in [5.74, 6) is -0.708. The van der Waals surface area contributed by atoms with Crippen LogP contribution in [0.3, 0.4) is 0 Å². The lowest BCUT2D eigenvalue weighted by Crippen LogP contribution is -2.48. The van der Waals surface area contributed by atoms with E-state index in [0.717, 1.165) is 37.0 Å². The number of sulfone groups is 1. The minimum Gasteiger partial charge on any atom is -0.459 e. The summed E-state index contributed by atoms with van der Waals surface area (Å²) in [6, 6.07) is 17.2. The monoisotopic (exact) mass is 678 g/mol. The van der Waals surface area contributed by atoms with Crippen LogP contribution in [0.5, 0.6) is 0 Å². The Bertz CT molecular complexity index is 1680. The molecule has 4 rings (SSSR count). The predicted molar refractivity (Wildman–Crippen MR) is 186 cm³/mol. The number of hydrogen-bond donors (Lipinski definition) is 1. The minimum absolute atomic E-state index is 0.0168. The molecule has 10 nitrogen and oxygen atoms in total. The Morgan fingerprint density at radius 2 is 1.58 bits per heavy atom. The van der Waals surface area contributed by atoms with Gasteiger partial charge in [0.25, 0.3) is 0 Å². The molecule has 1 aliphatic rings. The fourth-order valence-electron chi connectivity index (χ4n) is 5.97. The molecule has 2 heterocycles. The van der Waals surface area contributed by atoms with Gasteiger partial charge in [-0.2, -0.15) is 0 Å². The molecule has 11 heteroatoms. The van der Waals surface area contributed by atoms with E-state index in [4.69, 9.17) is 15.2 Å². The van der Waals surface area contributed by atoms with E-state index >= 15 is 0 Å². The molecule has 0 radical (unpaired) electrons. The number of anilines is 1. The van der Waals surface area contributed by atoms with E-state index in [9.17, 15) is 18.0 Å². The molecule has 0 bridgehead atoms. The molecule has 1 aliphatic carbocycles. The lowest BCUT2D eigenvalue weighted by atomic mass is 9.62. The van der Waals surface area contributed by atoms with Crippen LogP contribution in [0.4, 0.5) is 10.6 Å². The van der Waals surface area contributed by atoms with Gasteiger partial charge in [0, 0.05) is 12.6 Å². The largest absolute Gasteiger partial charge is 0.459 e. The Morgan fingerprint density at radius 3 is 2.12 bits per heavy atom. The molecule has 0 aliphatic heterocycles. The van der Waals surface area contributed by atoms with Crippen LogP contribution in [-0.2, 0) is 40.8 Å². The van der Waals surface area contributed by atoms with E-state index in [1.54, 1.807) is 59.7 Å². The van der Waals surface area contributed by atoms with Crippen LogP contribution in [0, 0.1) is 0 Å². The second-order valence-corrected chi connectivity index (χ2v) is 16.9. The zero-order chi connectivity index (χ0) is 35.4. The molecule has 260 valence electrons. The van der Waals surface area contributed by atoms with Crippen molar-refractivity contribution in [1.82, 2.24) is 9.97 Å². The molecule has 0 saturated heterocycles. The predicted octanol–water partition coefficient (Wildman–Crippen LogP) is 7.00. The summed E-state index contributed by atoms with van der Waals surface area (Å²) in [5, 5.41) is -0.206. The number of rotatable bonds is 12. The fraction of sp³-hybridized carbons (Fsp3) is 0.514. The van der Waals surface area contributed by atoms with E-state index in [1.165, 1.54) is 36.4 Å². The van der Waals surface area contributed by atoms with Gasteiger partial charge >= 0.3 is 12.1 Å². The zero-order valence-corrected chi connectivity index (χ0v) is 30.1. The van der Waals surface area contributed by atoms with Gasteiger partial charge in [-0.3, -0.25) is 9.69 Å². The number of carbonyl (C=O) groups is 2. The Balaban J connectivity index is 1.78. The number of pyridine rings is 2. The molecule has 1 aromatic carbocycles. The van der Waals surface area contributed by atoms with Crippen molar-refractivity contribution >= 4 is 27.7 Å². The summed E-state index contributed by atoms with van der Waals surface area (Å²) in [4.78, 5) is 34.1. The lowest BCUT2D eigenvalue weighted by molar-refractivity contribution is -0.153. The second kappa shape index (κ2) is 14.3. The molecule has 0 spiro atoms. The number of benzene rings is 1. The quantitative estimate of drug-likeness (QED) is 0.200. The number of esters is 1. The zero-order valence-electron chi connectivity index (χ0n) is 29.3. The average Bonchev–Trinajstić information content (AvgIpc) is 2.98. The van der Waals surface area contributed by atoms with Gasteiger partial charge in [0.15, 0.2) is 9.90 Å². The third-order valence-corrected chi connectivity index (χ3v) is 10.6. The van der Waals surface area contributed by atoms with Gasteiger partial charge < -0.3 is 15.2 Å². The van der Waals surface area contributed by atoms with E-state index in [1.807, 2.05) is 12.1 Å². The molecule has 3 aromatic rings. The van der Waals surface area contributed by atoms with Crippen molar-refractivity contribution in [3.63, 3.8) is 0 Å². The number of ether oxygens (including phenoxy) is 2. The van der Waals surface area contributed by atoms with Gasteiger partial charge in [0.2, 0.25) is 9.84 Å². The van der Waals surface area contributed by atoms with E-state index in [2.05, 4.69) is 29.0 Å². The van der Waals surface area contributed by atoms with E-state index < -0.39 is 44.5 Å². The van der Waals surface area contributed by atoms with Crippen molar-refractivity contribution in [3.05, 3.63) is 83.7 Å². The first kappa shape index (κ1) is 37.0. The van der Waals surface area contributed by atoms with E-state index in [0.29, 0.717) is 5.56 Å². The third kappa shape index (κ3) is 8.60. The van der Waals surface area contributed by atoms with Crippen molar-refractivity contribution in [2.24, 2.45) is 5.73 Å². The Kier molecular flexibility index (Phi) is 11.1. The molecule has 2 N–H and O–H groups in total. The maximum Gasteiger partial charge on any atom is 0.416 e. The van der Waals surface area contributed by atoms with Crippen LogP contribution in [0.1, 0.15) is 104 Å². The van der Waals surface area contributed by atoms with Crippen LogP contribution in [0.2, 0.25) is 0 Å². The summed E-state index contributed by atoms with van der Waals surface area (Å²) >= 11 is 0. The molecule has 2 aromatic heterocycles. The van der Waals surface area contributed by atoms with Gasteiger partial charge in [0.1, 0.15) is 23.6 Å². The van der Waals surface area contributed by atoms with Crippen molar-refractivity contribution in [2.45, 2.75) is 120 Å². The summed E-state index contributed by atoms with van der Waals surface area (Å²) in [7, 11) is -4.36. The number of carbonyl (C=O) groups excluding carboxylic acids is 2. The molecule has 1 fully saturated rings. The molecule has 48 heavy (non-hydrogen) atoms. The Hall–Kier alpha value is -3.83.